The Bertz CT molecular complexity index is 1330. The molecule has 0 aliphatic rings. The van der Waals surface area contributed by atoms with Gasteiger partial charge in [0.15, 0.2) is 0 Å². The molecule has 0 spiro atoms. The molecule has 21 heteroatoms. The lowest BCUT2D eigenvalue weighted by molar-refractivity contribution is -0.458. The van der Waals surface area contributed by atoms with E-state index in [-0.39, 0.29) is 10.8 Å². The molecule has 0 saturated heterocycles. The van der Waals surface area contributed by atoms with Crippen molar-refractivity contribution >= 4 is 20.9 Å². The van der Waals surface area contributed by atoms with Gasteiger partial charge in [0.1, 0.15) is 5.75 Å². The van der Waals surface area contributed by atoms with Crippen LogP contribution in [-0.4, -0.2) is 55.4 Å². The molecule has 0 saturated carbocycles. The molecule has 39 heavy (non-hydrogen) atoms. The van der Waals surface area contributed by atoms with E-state index in [1.54, 1.807) is 0 Å². The van der Waals surface area contributed by atoms with Crippen molar-refractivity contribution in [2.75, 3.05) is 0 Å². The number of hydrogen-bond donors (Lipinski definition) is 0. The summed E-state index contributed by atoms with van der Waals surface area (Å²) in [6.45, 7) is 0. The Morgan fingerprint density at radius 3 is 1.31 bits per heavy atom. The van der Waals surface area contributed by atoms with Gasteiger partial charge in [-0.3, -0.25) is 0 Å². The Morgan fingerprint density at radius 1 is 0.487 bits per heavy atom. The molecule has 0 unspecified atom stereocenters. The number of hydrogen-bond acceptors (Lipinski definition) is 3. The highest BCUT2D eigenvalue weighted by Gasteiger charge is 2.96. The van der Waals surface area contributed by atoms with Gasteiger partial charge in [-0.15, -0.1) is 0 Å². The van der Waals surface area contributed by atoms with E-state index < -0.39 is 62.8 Å². The third-order valence-electron chi connectivity index (χ3n) is 4.93. The zero-order valence-electron chi connectivity index (χ0n) is 17.6. The van der Waals surface area contributed by atoms with E-state index in [4.69, 9.17) is 0 Å². The Hall–Kier alpha value is -2.74. The smallest absolute Gasteiger partial charge is 0.378 e. The minimum absolute atomic E-state index is 0.0930. The molecule has 0 fully saturated rings. The van der Waals surface area contributed by atoms with Gasteiger partial charge in [-0.25, -0.2) is 0 Å². The first-order valence-corrected chi connectivity index (χ1v) is 10.6. The minimum atomic E-state index is -8.90. The molecule has 2 aromatic carbocycles. The summed E-state index contributed by atoms with van der Waals surface area (Å²) in [6.07, 6.45) is -7.89. The van der Waals surface area contributed by atoms with Gasteiger partial charge < -0.3 is 4.18 Å². The van der Waals surface area contributed by atoms with Gasteiger partial charge in [0, 0.05) is 0 Å². The summed E-state index contributed by atoms with van der Waals surface area (Å²) in [5.41, 5.74) is 0. The Morgan fingerprint density at radius 2 is 0.872 bits per heavy atom. The molecule has 2 aromatic rings. The van der Waals surface area contributed by atoms with Gasteiger partial charge in [0.05, 0.1) is 0 Å². The molecule has 0 aliphatic carbocycles. The average molecular weight is 626 g/mol. The van der Waals surface area contributed by atoms with Crippen molar-refractivity contribution < 1.29 is 87.2 Å². The zero-order valence-corrected chi connectivity index (χ0v) is 18.4. The first-order chi connectivity index (χ1) is 17.0. The molecule has 222 valence electrons. The van der Waals surface area contributed by atoms with Crippen LogP contribution < -0.4 is 4.18 Å². The second-order valence-corrected chi connectivity index (χ2v) is 9.09. The third-order valence-corrected chi connectivity index (χ3v) is 6.23. The van der Waals surface area contributed by atoms with E-state index in [9.17, 15) is 83.1 Å². The minimum Gasteiger partial charge on any atom is -0.378 e. The number of alkyl halides is 17. The van der Waals surface area contributed by atoms with Crippen molar-refractivity contribution in [2.45, 2.75) is 47.0 Å². The van der Waals surface area contributed by atoms with E-state index in [2.05, 4.69) is 4.18 Å². The summed E-state index contributed by atoms with van der Waals surface area (Å²) in [4.78, 5) is 0. The van der Waals surface area contributed by atoms with Crippen LogP contribution in [0.4, 0.5) is 74.6 Å². The van der Waals surface area contributed by atoms with Crippen molar-refractivity contribution in [1.82, 2.24) is 0 Å². The third kappa shape index (κ3) is 4.39. The standard InChI is InChI=1S/C18H7F17O3S/c19-11(20,13(23,24)15(27,28)17(31,32)33)12(21,22)14(25,26)16(29,30)18(34,35)39(36,37)38-10-6-5-8-3-1-2-4-9(8)7-10/h1-7H. The molecule has 0 amide bonds. The molecular weight excluding hydrogens is 619 g/mol. The summed E-state index contributed by atoms with van der Waals surface area (Å²) >= 11 is 0. The van der Waals surface area contributed by atoms with Crippen LogP contribution in [0.3, 0.4) is 0 Å². The number of benzene rings is 2. The number of fused-ring (bicyclic) bond motifs is 1. The molecule has 0 aromatic heterocycles. The van der Waals surface area contributed by atoms with Crippen molar-refractivity contribution in [3.05, 3.63) is 42.5 Å². The molecule has 0 heterocycles. The van der Waals surface area contributed by atoms with Crippen molar-refractivity contribution in [3.63, 3.8) is 0 Å². The highest BCUT2D eigenvalue weighted by molar-refractivity contribution is 7.88. The first kappa shape index (κ1) is 32.5. The summed E-state index contributed by atoms with van der Waals surface area (Å²) in [7, 11) is -7.67. The predicted octanol–water partition coefficient (Wildman–Crippen LogP) is 7.52. The lowest BCUT2D eigenvalue weighted by Crippen LogP contribution is -2.75. The van der Waals surface area contributed by atoms with Crippen LogP contribution in [0.1, 0.15) is 0 Å². The topological polar surface area (TPSA) is 43.4 Å². The lowest BCUT2D eigenvalue weighted by atomic mass is 9.91. The van der Waals surface area contributed by atoms with Crippen LogP contribution in [-0.2, 0) is 10.1 Å². The normalized spacial score (nSPS) is 15.5. The molecule has 3 nitrogen and oxygen atoms in total. The van der Waals surface area contributed by atoms with E-state index in [0.29, 0.717) is 12.1 Å². The molecular formula is C18H7F17O3S. The second kappa shape index (κ2) is 8.88. The Kier molecular flexibility index (Phi) is 7.40. The van der Waals surface area contributed by atoms with E-state index in [1.807, 2.05) is 0 Å². The van der Waals surface area contributed by atoms with Crippen LogP contribution >= 0.6 is 0 Å². The SMILES string of the molecule is O=S(=O)(Oc1ccc2ccccc2c1)C(F)(F)C(F)(F)C(F)(F)C(F)(F)C(F)(F)C(F)(F)C(F)(F)C(F)(F)F. The quantitative estimate of drug-likeness (QED) is 0.214. The van der Waals surface area contributed by atoms with E-state index >= 15 is 0 Å². The Balaban J connectivity index is 2.60. The van der Waals surface area contributed by atoms with Gasteiger partial charge in [-0.05, 0) is 22.9 Å². The van der Waals surface area contributed by atoms with Crippen LogP contribution in [0.2, 0.25) is 0 Å². The molecule has 0 aliphatic heterocycles. The molecule has 0 N–H and O–H groups in total. The van der Waals surface area contributed by atoms with Gasteiger partial charge in [0.2, 0.25) is 0 Å². The van der Waals surface area contributed by atoms with Crippen LogP contribution in [0.15, 0.2) is 42.5 Å². The van der Waals surface area contributed by atoms with Gasteiger partial charge in [-0.1, -0.05) is 30.3 Å². The highest BCUT2D eigenvalue weighted by atomic mass is 32.2. The van der Waals surface area contributed by atoms with Crippen molar-refractivity contribution in [1.29, 1.82) is 0 Å². The molecule has 0 bridgehead atoms. The van der Waals surface area contributed by atoms with Gasteiger partial charge >= 0.3 is 57.1 Å². The maximum atomic E-state index is 14.1. The summed E-state index contributed by atoms with van der Waals surface area (Å²) < 4.78 is 253. The van der Waals surface area contributed by atoms with Crippen LogP contribution in [0.5, 0.6) is 5.75 Å². The Labute approximate surface area is 204 Å². The fourth-order valence-corrected chi connectivity index (χ4v) is 3.61. The second-order valence-electron chi connectivity index (χ2n) is 7.51. The largest absolute Gasteiger partial charge is 0.460 e. The van der Waals surface area contributed by atoms with E-state index in [0.717, 1.165) is 12.1 Å². The monoisotopic (exact) mass is 626 g/mol. The first-order valence-electron chi connectivity index (χ1n) is 9.19. The maximum absolute atomic E-state index is 14.1. The predicted molar refractivity (Wildman–Crippen MR) is 94.2 cm³/mol. The maximum Gasteiger partial charge on any atom is 0.460 e. The molecule has 0 atom stereocenters. The highest BCUT2D eigenvalue weighted by Crippen LogP contribution is 2.64. The van der Waals surface area contributed by atoms with Gasteiger partial charge in [0.25, 0.3) is 0 Å². The van der Waals surface area contributed by atoms with Crippen molar-refractivity contribution in [2.24, 2.45) is 0 Å². The fraction of sp³-hybridized carbons (Fsp3) is 0.444. The molecule has 2 rings (SSSR count). The number of rotatable bonds is 9. The van der Waals surface area contributed by atoms with Gasteiger partial charge in [-0.2, -0.15) is 83.1 Å². The van der Waals surface area contributed by atoms with Crippen LogP contribution in [0.25, 0.3) is 10.8 Å². The summed E-state index contributed by atoms with van der Waals surface area (Å²) in [5, 5.41) is -7.63. The summed E-state index contributed by atoms with van der Waals surface area (Å²) in [6, 6.07) is 6.82. The fourth-order valence-electron chi connectivity index (χ4n) is 2.70. The molecule has 0 radical (unpaired) electrons. The summed E-state index contributed by atoms with van der Waals surface area (Å²) in [5.74, 6) is -53.4. The van der Waals surface area contributed by atoms with Crippen molar-refractivity contribution in [3.8, 4) is 5.75 Å². The van der Waals surface area contributed by atoms with E-state index in [1.165, 1.54) is 18.2 Å². The number of halogens is 17. The lowest BCUT2D eigenvalue weighted by Gasteiger charge is -2.42. The van der Waals surface area contributed by atoms with Crippen LogP contribution in [0, 0.1) is 0 Å². The zero-order chi connectivity index (χ0) is 30.9. The average Bonchev–Trinajstić information content (AvgIpc) is 2.77.